The lowest BCUT2D eigenvalue weighted by molar-refractivity contribution is 0.215. The smallest absolute Gasteiger partial charge is 0.217 e. The van der Waals surface area contributed by atoms with Gasteiger partial charge >= 0.3 is 0 Å². The fourth-order valence-corrected chi connectivity index (χ4v) is 4.10. The van der Waals surface area contributed by atoms with Gasteiger partial charge in [0.05, 0.1) is 11.8 Å². The lowest BCUT2D eigenvalue weighted by Gasteiger charge is -2.16. The van der Waals surface area contributed by atoms with Crippen molar-refractivity contribution in [3.63, 3.8) is 0 Å². The first-order chi connectivity index (χ1) is 8.66. The normalized spacial score (nSPS) is 25.2. The van der Waals surface area contributed by atoms with Gasteiger partial charge in [-0.1, -0.05) is 0 Å². The topological polar surface area (TPSA) is 59.5 Å². The van der Waals surface area contributed by atoms with Crippen LogP contribution in [0.25, 0.3) is 0 Å². The summed E-state index contributed by atoms with van der Waals surface area (Å²) in [4.78, 5) is 3.92. The number of sulfonamides is 1. The number of ether oxygens (including phenoxy) is 1. The van der Waals surface area contributed by atoms with Gasteiger partial charge in [0.15, 0.2) is 0 Å². The van der Waals surface area contributed by atoms with Crippen LogP contribution >= 0.6 is 0 Å². The van der Waals surface area contributed by atoms with E-state index >= 15 is 0 Å². The van der Waals surface area contributed by atoms with E-state index in [2.05, 4.69) is 4.98 Å². The van der Waals surface area contributed by atoms with Crippen LogP contribution in [0.3, 0.4) is 0 Å². The summed E-state index contributed by atoms with van der Waals surface area (Å²) in [5.74, 6) is 0.751. The van der Waals surface area contributed by atoms with Gasteiger partial charge in [-0.05, 0) is 31.4 Å². The first kappa shape index (κ1) is 11.9. The monoisotopic (exact) mass is 268 g/mol. The molecule has 1 atom stereocenters. The third-order valence-corrected chi connectivity index (χ3v) is 5.73. The zero-order chi connectivity index (χ0) is 12.6. The van der Waals surface area contributed by atoms with Gasteiger partial charge in [0, 0.05) is 18.9 Å². The average Bonchev–Trinajstić information content (AvgIpc) is 3.12. The Hall–Kier alpha value is -1.14. The highest BCUT2D eigenvalue weighted by Crippen LogP contribution is 2.33. The molecule has 2 heterocycles. The summed E-state index contributed by atoms with van der Waals surface area (Å²) in [5.41, 5.74) is 0. The Kier molecular flexibility index (Phi) is 2.99. The summed E-state index contributed by atoms with van der Waals surface area (Å²) in [6.07, 6.45) is 5.69. The van der Waals surface area contributed by atoms with Crippen LogP contribution in [0.4, 0.5) is 0 Å². The molecule has 98 valence electrons. The molecule has 5 nitrogen and oxygen atoms in total. The molecule has 0 spiro atoms. The van der Waals surface area contributed by atoms with Crippen molar-refractivity contribution in [1.29, 1.82) is 0 Å². The van der Waals surface area contributed by atoms with Crippen molar-refractivity contribution in [2.45, 2.75) is 30.6 Å². The zero-order valence-corrected chi connectivity index (χ0v) is 10.8. The second-order valence-electron chi connectivity index (χ2n) is 4.81. The highest BCUT2D eigenvalue weighted by molar-refractivity contribution is 7.90. The quantitative estimate of drug-likeness (QED) is 0.818. The van der Waals surface area contributed by atoms with Crippen LogP contribution in [0.2, 0.25) is 0 Å². The van der Waals surface area contributed by atoms with Gasteiger partial charge in [-0.3, -0.25) is 4.98 Å². The average molecular weight is 268 g/mol. The SMILES string of the molecule is O=S(=O)(C1CC1)N1CC[C@@H](Oc2ccncc2)C1. The van der Waals surface area contributed by atoms with E-state index in [1.54, 1.807) is 28.8 Å². The van der Waals surface area contributed by atoms with E-state index in [0.29, 0.717) is 13.1 Å². The Balaban J connectivity index is 1.62. The van der Waals surface area contributed by atoms with Crippen molar-refractivity contribution >= 4 is 10.0 Å². The molecule has 0 unspecified atom stereocenters. The summed E-state index contributed by atoms with van der Waals surface area (Å²) in [5, 5.41) is -0.128. The molecule has 2 aliphatic rings. The molecule has 3 rings (SSSR count). The third-order valence-electron chi connectivity index (χ3n) is 3.37. The molecule has 0 amide bonds. The molecule has 2 fully saturated rings. The summed E-state index contributed by atoms with van der Waals surface area (Å²) in [6, 6.07) is 3.58. The molecular formula is C12H16N2O3S. The largest absolute Gasteiger partial charge is 0.489 e. The van der Waals surface area contributed by atoms with E-state index in [9.17, 15) is 8.42 Å². The Labute approximate surface area is 107 Å². The summed E-state index contributed by atoms with van der Waals surface area (Å²) >= 11 is 0. The van der Waals surface area contributed by atoms with Crippen molar-refractivity contribution < 1.29 is 13.2 Å². The molecule has 0 aromatic carbocycles. The Morgan fingerprint density at radius 2 is 1.94 bits per heavy atom. The third kappa shape index (κ3) is 2.35. The minimum atomic E-state index is -3.05. The molecule has 1 saturated carbocycles. The van der Waals surface area contributed by atoms with Crippen molar-refractivity contribution in [1.82, 2.24) is 9.29 Å². The maximum Gasteiger partial charge on any atom is 0.217 e. The molecule has 1 aliphatic heterocycles. The molecule has 1 saturated heterocycles. The first-order valence-corrected chi connectivity index (χ1v) is 7.72. The lowest BCUT2D eigenvalue weighted by Crippen LogP contribution is -2.33. The van der Waals surface area contributed by atoms with Gasteiger partial charge in [-0.25, -0.2) is 8.42 Å². The van der Waals surface area contributed by atoms with Crippen LogP contribution in [0.5, 0.6) is 5.75 Å². The Morgan fingerprint density at radius 1 is 1.22 bits per heavy atom. The minimum Gasteiger partial charge on any atom is -0.489 e. The Morgan fingerprint density at radius 3 is 2.61 bits per heavy atom. The van der Waals surface area contributed by atoms with Crippen molar-refractivity contribution in [3.8, 4) is 5.75 Å². The van der Waals surface area contributed by atoms with E-state index < -0.39 is 10.0 Å². The summed E-state index contributed by atoms with van der Waals surface area (Å²) in [7, 11) is -3.05. The van der Waals surface area contributed by atoms with Gasteiger partial charge in [0.25, 0.3) is 0 Å². The highest BCUT2D eigenvalue weighted by atomic mass is 32.2. The highest BCUT2D eigenvalue weighted by Gasteiger charge is 2.43. The van der Waals surface area contributed by atoms with Gasteiger partial charge in [-0.2, -0.15) is 4.31 Å². The van der Waals surface area contributed by atoms with Crippen LogP contribution in [0.15, 0.2) is 24.5 Å². The molecule has 1 aromatic rings. The van der Waals surface area contributed by atoms with Crippen LogP contribution in [-0.4, -0.2) is 42.2 Å². The molecule has 1 aromatic heterocycles. The van der Waals surface area contributed by atoms with Crippen molar-refractivity contribution in [2.24, 2.45) is 0 Å². The number of pyridine rings is 1. The number of hydrogen-bond acceptors (Lipinski definition) is 4. The molecular weight excluding hydrogens is 252 g/mol. The van der Waals surface area contributed by atoms with E-state index in [1.165, 1.54) is 0 Å². The molecule has 0 N–H and O–H groups in total. The number of hydrogen-bond donors (Lipinski definition) is 0. The van der Waals surface area contributed by atoms with Gasteiger partial charge in [0.1, 0.15) is 11.9 Å². The van der Waals surface area contributed by atoms with E-state index in [4.69, 9.17) is 4.74 Å². The number of aromatic nitrogens is 1. The predicted molar refractivity (Wildman–Crippen MR) is 66.8 cm³/mol. The molecule has 0 radical (unpaired) electrons. The van der Waals surface area contributed by atoms with Crippen molar-refractivity contribution in [3.05, 3.63) is 24.5 Å². The fourth-order valence-electron chi connectivity index (χ4n) is 2.21. The second kappa shape index (κ2) is 4.51. The van der Waals surface area contributed by atoms with E-state index in [1.807, 2.05) is 0 Å². The van der Waals surface area contributed by atoms with Crippen molar-refractivity contribution in [2.75, 3.05) is 13.1 Å². The van der Waals surface area contributed by atoms with Crippen LogP contribution in [0, 0.1) is 0 Å². The summed E-state index contributed by atoms with van der Waals surface area (Å²) < 4.78 is 31.4. The second-order valence-corrected chi connectivity index (χ2v) is 7.03. The van der Waals surface area contributed by atoms with E-state index in [-0.39, 0.29) is 11.4 Å². The van der Waals surface area contributed by atoms with Crippen LogP contribution in [0.1, 0.15) is 19.3 Å². The van der Waals surface area contributed by atoms with Gasteiger partial charge in [-0.15, -0.1) is 0 Å². The zero-order valence-electron chi connectivity index (χ0n) is 10.0. The maximum atomic E-state index is 12.1. The first-order valence-electron chi connectivity index (χ1n) is 6.22. The molecule has 1 aliphatic carbocycles. The number of rotatable bonds is 4. The molecule has 0 bridgehead atoms. The predicted octanol–water partition coefficient (Wildman–Crippen LogP) is 1.03. The Bertz CT molecular complexity index is 513. The lowest BCUT2D eigenvalue weighted by atomic mass is 10.3. The van der Waals surface area contributed by atoms with Gasteiger partial charge < -0.3 is 4.74 Å². The maximum absolute atomic E-state index is 12.1. The summed E-state index contributed by atoms with van der Waals surface area (Å²) in [6.45, 7) is 1.05. The standard InChI is InChI=1S/C12H16N2O3S/c15-18(16,12-1-2-12)14-8-5-11(9-14)17-10-3-6-13-7-4-10/h3-4,6-7,11-12H,1-2,5,8-9H2/t11-/m1/s1. The fraction of sp³-hybridized carbons (Fsp3) is 0.583. The van der Waals surface area contributed by atoms with Gasteiger partial charge in [0.2, 0.25) is 10.0 Å². The van der Waals surface area contributed by atoms with E-state index in [0.717, 1.165) is 25.0 Å². The molecule has 6 heteroatoms. The molecule has 18 heavy (non-hydrogen) atoms. The number of nitrogens with zero attached hydrogens (tertiary/aromatic N) is 2. The van der Waals surface area contributed by atoms with Crippen LogP contribution in [-0.2, 0) is 10.0 Å². The van der Waals surface area contributed by atoms with Crippen LogP contribution < -0.4 is 4.74 Å². The minimum absolute atomic E-state index is 0.0408.